The molecule has 7 heteroatoms. The van der Waals surface area contributed by atoms with Crippen LogP contribution < -0.4 is 0 Å². The van der Waals surface area contributed by atoms with Gasteiger partial charge < -0.3 is 9.84 Å². The first-order valence-electron chi connectivity index (χ1n) is 8.49. The smallest absolute Gasteiger partial charge is 0.410 e. The van der Waals surface area contributed by atoms with Crippen molar-refractivity contribution in [2.75, 3.05) is 13.7 Å². The second-order valence-electron chi connectivity index (χ2n) is 6.40. The van der Waals surface area contributed by atoms with E-state index < -0.39 is 31.0 Å². The molecular formula is C20H19F2NO4. The Labute approximate surface area is 155 Å². The van der Waals surface area contributed by atoms with Gasteiger partial charge >= 0.3 is 12.1 Å². The molecule has 1 aliphatic carbocycles. The minimum atomic E-state index is -2.84. The van der Waals surface area contributed by atoms with Crippen molar-refractivity contribution in [2.45, 2.75) is 24.8 Å². The number of carboxylic acids is 1. The summed E-state index contributed by atoms with van der Waals surface area (Å²) >= 11 is 0. The van der Waals surface area contributed by atoms with E-state index in [9.17, 15) is 18.4 Å². The number of fused-ring (bicyclic) bond motifs is 3. The summed E-state index contributed by atoms with van der Waals surface area (Å²) in [6.07, 6.45) is -4.73. The Bertz CT molecular complexity index is 810. The monoisotopic (exact) mass is 375 g/mol. The van der Waals surface area contributed by atoms with E-state index in [4.69, 9.17) is 9.84 Å². The van der Waals surface area contributed by atoms with Gasteiger partial charge in [0, 0.05) is 19.4 Å². The van der Waals surface area contributed by atoms with Gasteiger partial charge in [-0.2, -0.15) is 0 Å². The van der Waals surface area contributed by atoms with Gasteiger partial charge in [0.2, 0.25) is 6.43 Å². The first kappa shape index (κ1) is 18.8. The SMILES string of the molecule is CN(C(=O)OCC1c2ccccc2-c2ccccc21)C(CC(F)F)C(=O)O. The number of likely N-dealkylation sites (N-methyl/N-ethyl adjacent to an activating group) is 1. The van der Waals surface area contributed by atoms with Crippen LogP contribution in [0.1, 0.15) is 23.5 Å². The van der Waals surface area contributed by atoms with Crippen LogP contribution in [0.5, 0.6) is 0 Å². The van der Waals surface area contributed by atoms with Crippen LogP contribution in [-0.4, -0.2) is 48.2 Å². The lowest BCUT2D eigenvalue weighted by Gasteiger charge is -2.25. The van der Waals surface area contributed by atoms with Crippen LogP contribution in [-0.2, 0) is 9.53 Å². The number of hydrogen-bond donors (Lipinski definition) is 1. The first-order chi connectivity index (χ1) is 12.9. The van der Waals surface area contributed by atoms with Gasteiger partial charge in [-0.15, -0.1) is 0 Å². The third-order valence-electron chi connectivity index (χ3n) is 4.78. The fourth-order valence-corrected chi connectivity index (χ4v) is 3.42. The number of benzene rings is 2. The Morgan fingerprint density at radius 1 is 1.07 bits per heavy atom. The molecule has 2 aromatic carbocycles. The van der Waals surface area contributed by atoms with Crippen molar-refractivity contribution in [3.8, 4) is 11.1 Å². The van der Waals surface area contributed by atoms with Crippen LogP contribution in [0.25, 0.3) is 11.1 Å². The summed E-state index contributed by atoms with van der Waals surface area (Å²) in [6, 6.07) is 13.9. The minimum absolute atomic E-state index is 0.00177. The highest BCUT2D eigenvalue weighted by molar-refractivity contribution is 5.81. The van der Waals surface area contributed by atoms with Crippen LogP contribution in [0.3, 0.4) is 0 Å². The summed E-state index contributed by atoms with van der Waals surface area (Å²) in [5, 5.41) is 9.10. The average molecular weight is 375 g/mol. The van der Waals surface area contributed by atoms with Gasteiger partial charge in [-0.3, -0.25) is 4.90 Å². The number of nitrogens with zero attached hydrogens (tertiary/aromatic N) is 1. The fourth-order valence-electron chi connectivity index (χ4n) is 3.42. The zero-order chi connectivity index (χ0) is 19.6. The number of aliphatic carboxylic acids is 1. The maximum absolute atomic E-state index is 12.6. The number of carbonyl (C=O) groups is 2. The molecular weight excluding hydrogens is 356 g/mol. The number of carboxylic acid groups (broad SMARTS) is 1. The standard InChI is InChI=1S/C20H19F2NO4/c1-23(17(19(24)25)10-18(21)22)20(26)27-11-16-14-8-4-2-6-12(14)13-7-3-5-9-15(13)16/h2-9,16-18H,10-11H2,1H3,(H,24,25). The Kier molecular flexibility index (Phi) is 5.39. The van der Waals surface area contributed by atoms with E-state index in [0.717, 1.165) is 29.3 Å². The van der Waals surface area contributed by atoms with Crippen LogP contribution in [0.15, 0.2) is 48.5 Å². The largest absolute Gasteiger partial charge is 0.480 e. The predicted octanol–water partition coefficient (Wildman–Crippen LogP) is 3.98. The Morgan fingerprint density at radius 2 is 1.59 bits per heavy atom. The average Bonchev–Trinajstić information content (AvgIpc) is 2.97. The second-order valence-corrected chi connectivity index (χ2v) is 6.40. The number of ether oxygens (including phenoxy) is 1. The van der Waals surface area contributed by atoms with Crippen molar-refractivity contribution in [1.29, 1.82) is 0 Å². The fraction of sp³-hybridized carbons (Fsp3) is 0.300. The van der Waals surface area contributed by atoms with Crippen molar-refractivity contribution in [1.82, 2.24) is 4.90 Å². The van der Waals surface area contributed by atoms with Crippen molar-refractivity contribution in [3.05, 3.63) is 59.7 Å². The zero-order valence-electron chi connectivity index (χ0n) is 14.6. The normalized spacial score (nSPS) is 13.8. The Morgan fingerprint density at radius 3 is 2.07 bits per heavy atom. The van der Waals surface area contributed by atoms with E-state index in [2.05, 4.69) is 0 Å². The van der Waals surface area contributed by atoms with Gasteiger partial charge in [0.1, 0.15) is 12.6 Å². The molecule has 0 saturated heterocycles. The molecule has 1 N–H and O–H groups in total. The molecule has 3 rings (SSSR count). The van der Waals surface area contributed by atoms with Gasteiger partial charge in [0.05, 0.1) is 0 Å². The zero-order valence-corrected chi connectivity index (χ0v) is 14.6. The Balaban J connectivity index is 1.75. The van der Waals surface area contributed by atoms with Crippen LogP contribution >= 0.6 is 0 Å². The first-order valence-corrected chi connectivity index (χ1v) is 8.49. The molecule has 1 atom stereocenters. The summed E-state index contributed by atoms with van der Waals surface area (Å²) in [5.74, 6) is -1.68. The maximum Gasteiger partial charge on any atom is 0.410 e. The molecule has 0 radical (unpaired) electrons. The molecule has 1 aliphatic rings. The number of halogens is 2. The molecule has 142 valence electrons. The molecule has 27 heavy (non-hydrogen) atoms. The third-order valence-corrected chi connectivity index (χ3v) is 4.78. The highest BCUT2D eigenvalue weighted by Crippen LogP contribution is 2.44. The lowest BCUT2D eigenvalue weighted by atomic mass is 9.98. The lowest BCUT2D eigenvalue weighted by Crippen LogP contribution is -2.44. The van der Waals surface area contributed by atoms with Gasteiger partial charge in [0.15, 0.2) is 0 Å². The van der Waals surface area contributed by atoms with E-state index in [1.807, 2.05) is 48.5 Å². The molecule has 0 saturated carbocycles. The van der Waals surface area contributed by atoms with Gasteiger partial charge in [0.25, 0.3) is 0 Å². The highest BCUT2D eigenvalue weighted by atomic mass is 19.3. The van der Waals surface area contributed by atoms with Crippen molar-refractivity contribution in [3.63, 3.8) is 0 Å². The molecule has 0 fully saturated rings. The van der Waals surface area contributed by atoms with E-state index in [0.29, 0.717) is 4.90 Å². The molecule has 5 nitrogen and oxygen atoms in total. The number of hydrogen-bond acceptors (Lipinski definition) is 3. The molecule has 0 aromatic heterocycles. The van der Waals surface area contributed by atoms with Crippen LogP contribution in [0.2, 0.25) is 0 Å². The van der Waals surface area contributed by atoms with E-state index in [1.165, 1.54) is 0 Å². The van der Waals surface area contributed by atoms with Crippen LogP contribution in [0, 0.1) is 0 Å². The van der Waals surface area contributed by atoms with Crippen molar-refractivity contribution >= 4 is 12.1 Å². The summed E-state index contributed by atoms with van der Waals surface area (Å²) < 4.78 is 30.5. The van der Waals surface area contributed by atoms with E-state index in [1.54, 1.807) is 0 Å². The Hall–Kier alpha value is -2.96. The molecule has 1 unspecified atom stereocenters. The molecule has 2 aromatic rings. The van der Waals surface area contributed by atoms with Gasteiger partial charge in [-0.25, -0.2) is 18.4 Å². The second kappa shape index (κ2) is 7.73. The van der Waals surface area contributed by atoms with E-state index in [-0.39, 0.29) is 12.5 Å². The van der Waals surface area contributed by atoms with Gasteiger partial charge in [-0.1, -0.05) is 48.5 Å². The predicted molar refractivity (Wildman–Crippen MR) is 94.9 cm³/mol. The van der Waals surface area contributed by atoms with E-state index >= 15 is 0 Å². The molecule has 0 heterocycles. The topological polar surface area (TPSA) is 66.8 Å². The molecule has 1 amide bonds. The van der Waals surface area contributed by atoms with Gasteiger partial charge in [-0.05, 0) is 22.3 Å². The summed E-state index contributed by atoms with van der Waals surface area (Å²) in [6.45, 7) is -0.00177. The van der Waals surface area contributed by atoms with Crippen molar-refractivity contribution in [2.24, 2.45) is 0 Å². The summed E-state index contributed by atoms with van der Waals surface area (Å²) in [7, 11) is 1.15. The number of alkyl halides is 2. The lowest BCUT2D eigenvalue weighted by molar-refractivity contribution is -0.143. The minimum Gasteiger partial charge on any atom is -0.480 e. The molecule has 0 spiro atoms. The quantitative estimate of drug-likeness (QED) is 0.830. The highest BCUT2D eigenvalue weighted by Gasteiger charge is 2.33. The maximum atomic E-state index is 12.6. The number of rotatable bonds is 6. The third kappa shape index (κ3) is 3.77. The van der Waals surface area contributed by atoms with Crippen LogP contribution in [0.4, 0.5) is 13.6 Å². The summed E-state index contributed by atoms with van der Waals surface area (Å²) in [4.78, 5) is 24.1. The van der Waals surface area contributed by atoms with Crippen molar-refractivity contribution < 1.29 is 28.2 Å². The molecule has 0 bridgehead atoms. The summed E-state index contributed by atoms with van der Waals surface area (Å²) in [5.41, 5.74) is 4.14. The number of amides is 1. The molecule has 0 aliphatic heterocycles. The number of carbonyl (C=O) groups excluding carboxylic acids is 1.